The van der Waals surface area contributed by atoms with Gasteiger partial charge >= 0.3 is 5.97 Å². The maximum atomic E-state index is 10.8. The minimum absolute atomic E-state index is 0.108. The normalized spacial score (nSPS) is 9.89. The molecule has 0 aliphatic rings. The predicted octanol–water partition coefficient (Wildman–Crippen LogP) is 4.06. The summed E-state index contributed by atoms with van der Waals surface area (Å²) in [7, 11) is 0. The summed E-state index contributed by atoms with van der Waals surface area (Å²) in [5, 5.41) is 18.6. The molecule has 0 saturated heterocycles. The quantitative estimate of drug-likeness (QED) is 0.925. The SMILES string of the molecule is N#Cc1cc(C(=O)O)ccc1Sc1ccc(Cl)cc1. The van der Waals surface area contributed by atoms with Crippen LogP contribution in [-0.4, -0.2) is 11.1 Å². The number of carboxylic acids is 1. The van der Waals surface area contributed by atoms with Crippen molar-refractivity contribution >= 4 is 29.3 Å². The zero-order valence-electron chi connectivity index (χ0n) is 9.63. The van der Waals surface area contributed by atoms with Gasteiger partial charge in [0.05, 0.1) is 11.1 Å². The Morgan fingerprint density at radius 3 is 2.47 bits per heavy atom. The lowest BCUT2D eigenvalue weighted by molar-refractivity contribution is 0.0697. The smallest absolute Gasteiger partial charge is 0.335 e. The van der Waals surface area contributed by atoms with Crippen LogP contribution in [-0.2, 0) is 0 Å². The maximum Gasteiger partial charge on any atom is 0.335 e. The molecule has 0 aliphatic heterocycles. The van der Waals surface area contributed by atoms with Crippen molar-refractivity contribution < 1.29 is 9.90 Å². The number of carbonyl (C=O) groups is 1. The molecule has 2 aromatic carbocycles. The lowest BCUT2D eigenvalue weighted by atomic mass is 10.1. The molecule has 0 bridgehead atoms. The van der Waals surface area contributed by atoms with E-state index in [-0.39, 0.29) is 5.56 Å². The molecule has 94 valence electrons. The fourth-order valence-electron chi connectivity index (χ4n) is 1.47. The molecule has 0 radical (unpaired) electrons. The zero-order valence-corrected chi connectivity index (χ0v) is 11.2. The third-order valence-corrected chi connectivity index (χ3v) is 3.72. The summed E-state index contributed by atoms with van der Waals surface area (Å²) < 4.78 is 0. The fourth-order valence-corrected chi connectivity index (χ4v) is 2.47. The van der Waals surface area contributed by atoms with Crippen LogP contribution in [0.25, 0.3) is 0 Å². The predicted molar refractivity (Wildman–Crippen MR) is 73.7 cm³/mol. The molecule has 5 heteroatoms. The molecule has 0 aliphatic carbocycles. The van der Waals surface area contributed by atoms with Crippen LogP contribution in [0.4, 0.5) is 0 Å². The number of nitrogens with zero attached hydrogens (tertiary/aromatic N) is 1. The molecule has 0 atom stereocenters. The van der Waals surface area contributed by atoms with Crippen LogP contribution >= 0.6 is 23.4 Å². The second-order valence-electron chi connectivity index (χ2n) is 3.68. The highest BCUT2D eigenvalue weighted by molar-refractivity contribution is 7.99. The number of aromatic carboxylic acids is 1. The van der Waals surface area contributed by atoms with E-state index in [9.17, 15) is 4.79 Å². The second kappa shape index (κ2) is 5.79. The summed E-state index contributed by atoms with van der Waals surface area (Å²) in [4.78, 5) is 12.5. The Balaban J connectivity index is 2.33. The fraction of sp³-hybridized carbons (Fsp3) is 0. The summed E-state index contributed by atoms with van der Waals surface area (Å²) >= 11 is 7.20. The highest BCUT2D eigenvalue weighted by Crippen LogP contribution is 2.31. The third-order valence-electron chi connectivity index (χ3n) is 2.39. The monoisotopic (exact) mass is 289 g/mol. The van der Waals surface area contributed by atoms with E-state index in [0.717, 1.165) is 9.79 Å². The Hall–Kier alpha value is -1.96. The largest absolute Gasteiger partial charge is 0.478 e. The van der Waals surface area contributed by atoms with Crippen LogP contribution in [0.1, 0.15) is 15.9 Å². The van der Waals surface area contributed by atoms with Gasteiger partial charge < -0.3 is 5.11 Å². The van der Waals surface area contributed by atoms with Gasteiger partial charge in [0.2, 0.25) is 0 Å². The van der Waals surface area contributed by atoms with Gasteiger partial charge in [-0.3, -0.25) is 0 Å². The minimum Gasteiger partial charge on any atom is -0.478 e. The first-order chi connectivity index (χ1) is 9.10. The van der Waals surface area contributed by atoms with Gasteiger partial charge in [-0.15, -0.1) is 0 Å². The van der Waals surface area contributed by atoms with Crippen molar-refractivity contribution in [3.63, 3.8) is 0 Å². The van der Waals surface area contributed by atoms with Crippen LogP contribution in [0.2, 0.25) is 5.02 Å². The summed E-state index contributed by atoms with van der Waals surface area (Å²) in [6.45, 7) is 0. The Labute approximate surface area is 119 Å². The van der Waals surface area contributed by atoms with Crippen molar-refractivity contribution in [3.05, 3.63) is 58.6 Å². The lowest BCUT2D eigenvalue weighted by Gasteiger charge is -2.05. The van der Waals surface area contributed by atoms with E-state index in [2.05, 4.69) is 0 Å². The van der Waals surface area contributed by atoms with Crippen LogP contribution in [0.5, 0.6) is 0 Å². The topological polar surface area (TPSA) is 61.1 Å². The minimum atomic E-state index is -1.04. The van der Waals surface area contributed by atoms with Gasteiger partial charge in [0.1, 0.15) is 6.07 Å². The molecule has 0 unspecified atom stereocenters. The van der Waals surface area contributed by atoms with E-state index < -0.39 is 5.97 Å². The number of carboxylic acid groups (broad SMARTS) is 1. The number of halogens is 1. The molecule has 0 spiro atoms. The molecule has 0 fully saturated rings. The third kappa shape index (κ3) is 3.28. The van der Waals surface area contributed by atoms with Crippen molar-refractivity contribution in [2.24, 2.45) is 0 Å². The van der Waals surface area contributed by atoms with E-state index in [4.69, 9.17) is 22.0 Å². The highest BCUT2D eigenvalue weighted by Gasteiger charge is 2.09. The van der Waals surface area contributed by atoms with Gasteiger partial charge in [-0.1, -0.05) is 23.4 Å². The van der Waals surface area contributed by atoms with Crippen molar-refractivity contribution in [2.75, 3.05) is 0 Å². The summed E-state index contributed by atoms with van der Waals surface area (Å²) in [6, 6.07) is 13.7. The number of benzene rings is 2. The van der Waals surface area contributed by atoms with Crippen LogP contribution < -0.4 is 0 Å². The second-order valence-corrected chi connectivity index (χ2v) is 5.24. The summed E-state index contributed by atoms with van der Waals surface area (Å²) in [5.41, 5.74) is 0.455. The van der Waals surface area contributed by atoms with Gasteiger partial charge in [-0.25, -0.2) is 4.79 Å². The Kier molecular flexibility index (Phi) is 4.10. The molecule has 3 nitrogen and oxygen atoms in total. The van der Waals surface area contributed by atoms with Gasteiger partial charge in [-0.05, 0) is 42.5 Å². The summed E-state index contributed by atoms with van der Waals surface area (Å²) in [5.74, 6) is -1.04. The standard InChI is InChI=1S/C14H8ClNO2S/c15-11-2-4-12(5-3-11)19-13-6-1-9(14(17)18)7-10(13)8-16/h1-7H,(H,17,18). The van der Waals surface area contributed by atoms with Crippen LogP contribution in [0.3, 0.4) is 0 Å². The molecule has 19 heavy (non-hydrogen) atoms. The summed E-state index contributed by atoms with van der Waals surface area (Å²) in [6.07, 6.45) is 0. The van der Waals surface area contributed by atoms with Gasteiger partial charge in [-0.2, -0.15) is 5.26 Å². The zero-order chi connectivity index (χ0) is 13.8. The Morgan fingerprint density at radius 2 is 1.89 bits per heavy atom. The first-order valence-electron chi connectivity index (χ1n) is 5.31. The Bertz CT molecular complexity index is 662. The van der Waals surface area contributed by atoms with Crippen LogP contribution in [0, 0.1) is 11.3 Å². The molecule has 0 amide bonds. The number of hydrogen-bond acceptors (Lipinski definition) is 3. The molecule has 1 N–H and O–H groups in total. The molecular formula is C14H8ClNO2S. The lowest BCUT2D eigenvalue weighted by Crippen LogP contribution is -1.97. The molecule has 2 aromatic rings. The molecular weight excluding hydrogens is 282 g/mol. The van der Waals surface area contributed by atoms with E-state index in [1.165, 1.54) is 23.9 Å². The first kappa shape index (κ1) is 13.5. The van der Waals surface area contributed by atoms with Gasteiger partial charge in [0.25, 0.3) is 0 Å². The molecule has 0 heterocycles. The molecule has 0 saturated carbocycles. The molecule has 2 rings (SSSR count). The van der Waals surface area contributed by atoms with Crippen molar-refractivity contribution in [3.8, 4) is 6.07 Å². The highest BCUT2D eigenvalue weighted by atomic mass is 35.5. The van der Waals surface area contributed by atoms with E-state index in [0.29, 0.717) is 10.6 Å². The van der Waals surface area contributed by atoms with Gasteiger partial charge in [0, 0.05) is 14.8 Å². The van der Waals surface area contributed by atoms with Crippen LogP contribution in [0.15, 0.2) is 52.3 Å². The maximum absolute atomic E-state index is 10.8. The number of nitriles is 1. The van der Waals surface area contributed by atoms with E-state index >= 15 is 0 Å². The Morgan fingerprint density at radius 1 is 1.21 bits per heavy atom. The number of rotatable bonds is 3. The van der Waals surface area contributed by atoms with Gasteiger partial charge in [0.15, 0.2) is 0 Å². The average molecular weight is 290 g/mol. The van der Waals surface area contributed by atoms with Crippen molar-refractivity contribution in [2.45, 2.75) is 9.79 Å². The van der Waals surface area contributed by atoms with Crippen molar-refractivity contribution in [1.82, 2.24) is 0 Å². The van der Waals surface area contributed by atoms with Crippen molar-refractivity contribution in [1.29, 1.82) is 5.26 Å². The molecule has 0 aromatic heterocycles. The van der Waals surface area contributed by atoms with E-state index in [1.54, 1.807) is 18.2 Å². The van der Waals surface area contributed by atoms with E-state index in [1.807, 2.05) is 18.2 Å². The average Bonchev–Trinajstić information content (AvgIpc) is 2.41. The first-order valence-corrected chi connectivity index (χ1v) is 6.50. The number of hydrogen-bond donors (Lipinski definition) is 1.